The second-order valence-electron chi connectivity index (χ2n) is 7.16. The molecule has 4 rings (SSSR count). The zero-order chi connectivity index (χ0) is 21.6. The highest BCUT2D eigenvalue weighted by Gasteiger charge is 2.15. The summed E-state index contributed by atoms with van der Waals surface area (Å²) in [7, 11) is 0. The number of nitrogens with one attached hydrogen (secondary N) is 1. The fourth-order valence-corrected chi connectivity index (χ4v) is 3.42. The van der Waals surface area contributed by atoms with Crippen molar-refractivity contribution in [3.63, 3.8) is 0 Å². The number of anilines is 1. The van der Waals surface area contributed by atoms with Crippen molar-refractivity contribution in [2.24, 2.45) is 0 Å². The number of benzene rings is 3. The van der Waals surface area contributed by atoms with Crippen LogP contribution in [0.1, 0.15) is 18.3 Å². The van der Waals surface area contributed by atoms with Gasteiger partial charge >= 0.3 is 0 Å². The van der Waals surface area contributed by atoms with Gasteiger partial charge in [0, 0.05) is 5.69 Å². The molecular formula is C25H25N3O3. The molecule has 6 heteroatoms. The lowest BCUT2D eigenvalue weighted by atomic mass is 10.2. The minimum atomic E-state index is -0.135. The Balaban J connectivity index is 1.52. The average molecular weight is 415 g/mol. The zero-order valence-electron chi connectivity index (χ0n) is 17.7. The Morgan fingerprint density at radius 1 is 0.968 bits per heavy atom. The Morgan fingerprint density at radius 2 is 1.71 bits per heavy atom. The number of aryl methyl sites for hydroxylation is 1. The maximum absolute atomic E-state index is 12.8. The van der Waals surface area contributed by atoms with Crippen molar-refractivity contribution < 1.29 is 14.3 Å². The summed E-state index contributed by atoms with van der Waals surface area (Å²) in [6, 6.07) is 23.0. The summed E-state index contributed by atoms with van der Waals surface area (Å²) in [6.07, 6.45) is 0. The second-order valence-corrected chi connectivity index (χ2v) is 7.16. The number of para-hydroxylation sites is 3. The molecule has 1 N–H and O–H groups in total. The summed E-state index contributed by atoms with van der Waals surface area (Å²) < 4.78 is 13.3. The van der Waals surface area contributed by atoms with Gasteiger partial charge in [0.25, 0.3) is 0 Å². The Labute approximate surface area is 181 Å². The number of ether oxygens (including phenoxy) is 2. The number of nitrogens with zero attached hydrogens (tertiary/aromatic N) is 2. The molecule has 0 unspecified atom stereocenters. The lowest BCUT2D eigenvalue weighted by Crippen LogP contribution is -2.20. The molecule has 0 saturated heterocycles. The van der Waals surface area contributed by atoms with Gasteiger partial charge in [-0.05, 0) is 61.9 Å². The lowest BCUT2D eigenvalue weighted by Gasteiger charge is -2.12. The maximum Gasteiger partial charge on any atom is 0.244 e. The number of rotatable bonds is 8. The summed E-state index contributed by atoms with van der Waals surface area (Å²) in [5.74, 6) is 2.15. The molecule has 158 valence electrons. The first-order valence-corrected chi connectivity index (χ1v) is 10.3. The number of amides is 1. The fourth-order valence-electron chi connectivity index (χ4n) is 3.42. The summed E-state index contributed by atoms with van der Waals surface area (Å²) >= 11 is 0. The van der Waals surface area contributed by atoms with Crippen LogP contribution < -0.4 is 14.8 Å². The molecule has 0 saturated carbocycles. The first-order chi connectivity index (χ1) is 15.1. The number of fused-ring (bicyclic) bond motifs is 1. The molecule has 0 aliphatic carbocycles. The van der Waals surface area contributed by atoms with Crippen molar-refractivity contribution in [2.45, 2.75) is 27.0 Å². The summed E-state index contributed by atoms with van der Waals surface area (Å²) in [6.45, 7) is 4.96. The van der Waals surface area contributed by atoms with Crippen LogP contribution in [0.5, 0.6) is 11.5 Å². The maximum atomic E-state index is 12.8. The number of aromatic nitrogens is 2. The van der Waals surface area contributed by atoms with Gasteiger partial charge in [0.2, 0.25) is 5.91 Å². The molecule has 4 aromatic rings. The van der Waals surface area contributed by atoms with Gasteiger partial charge in [-0.3, -0.25) is 4.79 Å². The van der Waals surface area contributed by atoms with Gasteiger partial charge in [-0.15, -0.1) is 0 Å². The molecule has 1 heterocycles. The molecule has 31 heavy (non-hydrogen) atoms. The first kappa shape index (κ1) is 20.5. The van der Waals surface area contributed by atoms with Gasteiger partial charge in [-0.25, -0.2) is 4.98 Å². The van der Waals surface area contributed by atoms with E-state index in [0.717, 1.165) is 33.8 Å². The van der Waals surface area contributed by atoms with E-state index in [-0.39, 0.29) is 19.1 Å². The minimum Gasteiger partial charge on any atom is -0.494 e. The predicted molar refractivity (Wildman–Crippen MR) is 121 cm³/mol. The molecule has 0 spiro atoms. The van der Waals surface area contributed by atoms with Crippen molar-refractivity contribution in [1.82, 2.24) is 9.55 Å². The predicted octanol–water partition coefficient (Wildman–Crippen LogP) is 4.96. The van der Waals surface area contributed by atoms with Crippen molar-refractivity contribution in [3.8, 4) is 11.5 Å². The Kier molecular flexibility index (Phi) is 6.17. The molecule has 0 radical (unpaired) electrons. The van der Waals surface area contributed by atoms with Gasteiger partial charge < -0.3 is 19.4 Å². The van der Waals surface area contributed by atoms with Crippen LogP contribution in [0, 0.1) is 6.92 Å². The van der Waals surface area contributed by atoms with Crippen LogP contribution in [0.2, 0.25) is 0 Å². The first-order valence-electron chi connectivity index (χ1n) is 10.3. The summed E-state index contributed by atoms with van der Waals surface area (Å²) in [5, 5.41) is 2.94. The molecular weight excluding hydrogens is 390 g/mol. The largest absolute Gasteiger partial charge is 0.494 e. The molecule has 1 amide bonds. The normalized spacial score (nSPS) is 10.8. The average Bonchev–Trinajstić information content (AvgIpc) is 3.12. The van der Waals surface area contributed by atoms with Gasteiger partial charge in [-0.1, -0.05) is 30.3 Å². The zero-order valence-corrected chi connectivity index (χ0v) is 17.7. The second kappa shape index (κ2) is 9.34. The van der Waals surface area contributed by atoms with Gasteiger partial charge in [0.15, 0.2) is 0 Å². The van der Waals surface area contributed by atoms with E-state index >= 15 is 0 Å². The number of hydrogen-bond acceptors (Lipinski definition) is 4. The van der Waals surface area contributed by atoms with E-state index in [0.29, 0.717) is 12.4 Å². The smallest absolute Gasteiger partial charge is 0.244 e. The van der Waals surface area contributed by atoms with E-state index in [1.807, 2.05) is 91.2 Å². The molecule has 0 fully saturated rings. The monoisotopic (exact) mass is 415 g/mol. The Hall–Kier alpha value is -3.80. The SMILES string of the molecule is CCOc1ccc(NC(=O)Cn2c(COc3ccccc3C)nc3ccccc32)cc1. The third-order valence-corrected chi connectivity index (χ3v) is 4.93. The molecule has 0 bridgehead atoms. The summed E-state index contributed by atoms with van der Waals surface area (Å²) in [5.41, 5.74) is 3.50. The Bertz CT molecular complexity index is 1180. The molecule has 6 nitrogen and oxygen atoms in total. The van der Waals surface area contributed by atoms with E-state index in [2.05, 4.69) is 5.32 Å². The van der Waals surface area contributed by atoms with Crippen molar-refractivity contribution in [1.29, 1.82) is 0 Å². The van der Waals surface area contributed by atoms with Crippen LogP contribution in [0.15, 0.2) is 72.8 Å². The number of hydrogen-bond donors (Lipinski definition) is 1. The van der Waals surface area contributed by atoms with Crippen molar-refractivity contribution >= 4 is 22.6 Å². The number of carbonyl (C=O) groups excluding carboxylic acids is 1. The highest BCUT2D eigenvalue weighted by molar-refractivity contribution is 5.91. The Morgan fingerprint density at radius 3 is 2.48 bits per heavy atom. The lowest BCUT2D eigenvalue weighted by molar-refractivity contribution is -0.116. The third kappa shape index (κ3) is 4.86. The van der Waals surface area contributed by atoms with Crippen LogP contribution in [0.25, 0.3) is 11.0 Å². The standard InChI is InChI=1S/C25H25N3O3/c1-3-30-20-14-12-19(13-15-20)26-25(29)16-28-22-10-6-5-9-21(22)27-24(28)17-31-23-11-7-4-8-18(23)2/h4-15H,3,16-17H2,1-2H3,(H,26,29). The topological polar surface area (TPSA) is 65.4 Å². The van der Waals surface area contributed by atoms with Crippen LogP contribution in [-0.4, -0.2) is 22.1 Å². The molecule has 1 aromatic heterocycles. The highest BCUT2D eigenvalue weighted by atomic mass is 16.5. The third-order valence-electron chi connectivity index (χ3n) is 4.93. The number of imidazole rings is 1. The number of carbonyl (C=O) groups is 1. The van der Waals surface area contributed by atoms with E-state index in [9.17, 15) is 4.79 Å². The minimum absolute atomic E-state index is 0.135. The molecule has 3 aromatic carbocycles. The van der Waals surface area contributed by atoms with Crippen LogP contribution in [0.3, 0.4) is 0 Å². The van der Waals surface area contributed by atoms with Crippen molar-refractivity contribution in [2.75, 3.05) is 11.9 Å². The van der Waals surface area contributed by atoms with E-state index in [1.54, 1.807) is 0 Å². The quantitative estimate of drug-likeness (QED) is 0.442. The molecule has 0 aliphatic heterocycles. The van der Waals surface area contributed by atoms with E-state index in [1.165, 1.54) is 0 Å². The van der Waals surface area contributed by atoms with Crippen molar-refractivity contribution in [3.05, 3.63) is 84.2 Å². The molecule has 0 atom stereocenters. The van der Waals surface area contributed by atoms with E-state index < -0.39 is 0 Å². The van der Waals surface area contributed by atoms with Gasteiger partial charge in [0.1, 0.15) is 30.5 Å². The highest BCUT2D eigenvalue weighted by Crippen LogP contribution is 2.21. The fraction of sp³-hybridized carbons (Fsp3) is 0.200. The van der Waals surface area contributed by atoms with Crippen LogP contribution in [-0.2, 0) is 17.9 Å². The molecule has 0 aliphatic rings. The van der Waals surface area contributed by atoms with E-state index in [4.69, 9.17) is 14.5 Å². The van der Waals surface area contributed by atoms with Crippen LogP contribution in [0.4, 0.5) is 5.69 Å². The summed E-state index contributed by atoms with van der Waals surface area (Å²) in [4.78, 5) is 17.5. The van der Waals surface area contributed by atoms with Crippen LogP contribution >= 0.6 is 0 Å². The van der Waals surface area contributed by atoms with Gasteiger partial charge in [0.05, 0.1) is 17.6 Å². The van der Waals surface area contributed by atoms with Gasteiger partial charge in [-0.2, -0.15) is 0 Å².